The molecular formula is C11H17N5O3S2. The molecule has 0 aliphatic carbocycles. The number of anilines is 1. The third-order valence-corrected chi connectivity index (χ3v) is 4.88. The van der Waals surface area contributed by atoms with Crippen molar-refractivity contribution >= 4 is 38.0 Å². The van der Waals surface area contributed by atoms with E-state index in [-0.39, 0.29) is 23.3 Å². The van der Waals surface area contributed by atoms with Crippen molar-refractivity contribution in [1.29, 1.82) is 0 Å². The Balaban J connectivity index is 2.21. The fourth-order valence-electron chi connectivity index (χ4n) is 1.74. The Kier molecular flexibility index (Phi) is 4.80. The second-order valence-corrected chi connectivity index (χ2v) is 6.80. The van der Waals surface area contributed by atoms with Gasteiger partial charge in [-0.1, -0.05) is 6.92 Å². The summed E-state index contributed by atoms with van der Waals surface area (Å²) in [5.74, 6) is -0.110. The van der Waals surface area contributed by atoms with E-state index < -0.39 is 10.0 Å². The molecule has 0 atom stereocenters. The SMILES string of the molecule is CCCNC(=O)CNS(=O)(=O)c1c(NC)nc2sccn12. The third-order valence-electron chi connectivity index (χ3n) is 2.70. The lowest BCUT2D eigenvalue weighted by Gasteiger charge is -2.08. The fourth-order valence-corrected chi connectivity index (χ4v) is 3.78. The predicted octanol–water partition coefficient (Wildman–Crippen LogP) is 0.242. The van der Waals surface area contributed by atoms with Gasteiger partial charge >= 0.3 is 0 Å². The second kappa shape index (κ2) is 6.41. The van der Waals surface area contributed by atoms with Gasteiger partial charge in [-0.3, -0.25) is 9.20 Å². The lowest BCUT2D eigenvalue weighted by molar-refractivity contribution is -0.119. The maximum Gasteiger partial charge on any atom is 0.260 e. The number of amides is 1. The van der Waals surface area contributed by atoms with Gasteiger partial charge in [-0.05, 0) is 6.42 Å². The van der Waals surface area contributed by atoms with Gasteiger partial charge < -0.3 is 10.6 Å². The van der Waals surface area contributed by atoms with Crippen LogP contribution in [-0.4, -0.2) is 43.8 Å². The van der Waals surface area contributed by atoms with Gasteiger partial charge in [0.1, 0.15) is 0 Å². The van der Waals surface area contributed by atoms with Crippen LogP contribution in [0.3, 0.4) is 0 Å². The molecule has 116 valence electrons. The van der Waals surface area contributed by atoms with E-state index in [1.165, 1.54) is 15.7 Å². The molecule has 2 aromatic rings. The molecule has 2 rings (SSSR count). The summed E-state index contributed by atoms with van der Waals surface area (Å²) < 4.78 is 28.5. The Bertz CT molecular complexity index is 734. The quantitative estimate of drug-likeness (QED) is 0.674. The number of carbonyl (C=O) groups is 1. The summed E-state index contributed by atoms with van der Waals surface area (Å²) >= 11 is 1.33. The highest BCUT2D eigenvalue weighted by atomic mass is 32.2. The molecule has 0 bridgehead atoms. The molecule has 21 heavy (non-hydrogen) atoms. The summed E-state index contributed by atoms with van der Waals surface area (Å²) in [4.78, 5) is 16.3. The summed E-state index contributed by atoms with van der Waals surface area (Å²) in [5, 5.41) is 7.11. The monoisotopic (exact) mass is 331 g/mol. The van der Waals surface area contributed by atoms with E-state index in [0.717, 1.165) is 6.42 Å². The van der Waals surface area contributed by atoms with Gasteiger partial charge in [0.2, 0.25) is 5.91 Å². The van der Waals surface area contributed by atoms with Crippen LogP contribution < -0.4 is 15.4 Å². The summed E-state index contributed by atoms with van der Waals surface area (Å²) in [6, 6.07) is 0. The van der Waals surface area contributed by atoms with Crippen molar-refractivity contribution in [2.24, 2.45) is 0 Å². The van der Waals surface area contributed by atoms with Gasteiger partial charge in [-0.25, -0.2) is 18.1 Å². The molecule has 3 N–H and O–H groups in total. The van der Waals surface area contributed by atoms with Crippen LogP contribution >= 0.6 is 11.3 Å². The maximum absolute atomic E-state index is 12.4. The Morgan fingerprint density at radius 3 is 2.90 bits per heavy atom. The van der Waals surface area contributed by atoms with E-state index in [2.05, 4.69) is 20.3 Å². The van der Waals surface area contributed by atoms with Crippen molar-refractivity contribution in [3.05, 3.63) is 11.6 Å². The summed E-state index contributed by atoms with van der Waals surface area (Å²) in [6.07, 6.45) is 2.42. The number of sulfonamides is 1. The Labute approximate surface area is 126 Å². The van der Waals surface area contributed by atoms with Crippen LogP contribution in [0.5, 0.6) is 0 Å². The van der Waals surface area contributed by atoms with Gasteiger partial charge in [0.05, 0.1) is 6.54 Å². The highest BCUT2D eigenvalue weighted by Gasteiger charge is 2.25. The summed E-state index contributed by atoms with van der Waals surface area (Å²) in [5.41, 5.74) is 0. The van der Waals surface area contributed by atoms with Crippen LogP contribution in [0.1, 0.15) is 13.3 Å². The molecule has 0 fully saturated rings. The van der Waals surface area contributed by atoms with Gasteiger partial charge in [-0.2, -0.15) is 0 Å². The number of imidazole rings is 1. The zero-order chi connectivity index (χ0) is 15.5. The van der Waals surface area contributed by atoms with Crippen LogP contribution in [0.25, 0.3) is 4.96 Å². The standard InChI is InChI=1S/C11H17N5O3S2/c1-3-4-13-8(17)7-14-21(18,19)10-9(12-2)15-11-16(10)5-6-20-11/h5-6,12,14H,3-4,7H2,1-2H3,(H,13,17). The van der Waals surface area contributed by atoms with Crippen molar-refractivity contribution in [1.82, 2.24) is 19.4 Å². The Morgan fingerprint density at radius 1 is 1.48 bits per heavy atom. The van der Waals surface area contributed by atoms with E-state index >= 15 is 0 Å². The molecule has 0 spiro atoms. The molecule has 2 heterocycles. The lowest BCUT2D eigenvalue weighted by atomic mass is 10.5. The first-order valence-corrected chi connectivity index (χ1v) is 8.75. The average Bonchev–Trinajstić information content (AvgIpc) is 3.02. The molecule has 10 heteroatoms. The first kappa shape index (κ1) is 15.7. The normalized spacial score (nSPS) is 11.7. The van der Waals surface area contributed by atoms with Crippen LogP contribution in [0.2, 0.25) is 0 Å². The molecule has 0 saturated carbocycles. The molecular weight excluding hydrogens is 314 g/mol. The Hall–Kier alpha value is -1.65. The third kappa shape index (κ3) is 3.34. The molecule has 0 aromatic carbocycles. The molecule has 8 nitrogen and oxygen atoms in total. The van der Waals surface area contributed by atoms with Gasteiger partial charge in [0.25, 0.3) is 10.0 Å². The minimum Gasteiger partial charge on any atom is -0.371 e. The van der Waals surface area contributed by atoms with Crippen LogP contribution in [0.4, 0.5) is 5.82 Å². The highest BCUT2D eigenvalue weighted by molar-refractivity contribution is 7.89. The number of thiazole rings is 1. The molecule has 0 aliphatic heterocycles. The number of fused-ring (bicyclic) bond motifs is 1. The summed E-state index contributed by atoms with van der Waals surface area (Å²) in [7, 11) is -2.25. The molecule has 2 aromatic heterocycles. The minimum atomic E-state index is -3.84. The number of hydrogen-bond donors (Lipinski definition) is 3. The van der Waals surface area contributed by atoms with E-state index in [1.54, 1.807) is 18.6 Å². The van der Waals surface area contributed by atoms with E-state index in [4.69, 9.17) is 0 Å². The van der Waals surface area contributed by atoms with Gasteiger partial charge in [-0.15, -0.1) is 11.3 Å². The molecule has 0 unspecified atom stereocenters. The number of hydrogen-bond acceptors (Lipinski definition) is 6. The van der Waals surface area contributed by atoms with E-state index in [9.17, 15) is 13.2 Å². The first-order chi connectivity index (χ1) is 9.99. The smallest absolute Gasteiger partial charge is 0.260 e. The predicted molar refractivity (Wildman–Crippen MR) is 81.1 cm³/mol. The van der Waals surface area contributed by atoms with Gasteiger partial charge in [0.15, 0.2) is 15.8 Å². The number of nitrogens with one attached hydrogen (secondary N) is 3. The Morgan fingerprint density at radius 2 is 2.24 bits per heavy atom. The van der Waals surface area contributed by atoms with Crippen molar-refractivity contribution < 1.29 is 13.2 Å². The van der Waals surface area contributed by atoms with Crippen LogP contribution in [0.15, 0.2) is 16.6 Å². The average molecular weight is 331 g/mol. The molecule has 1 amide bonds. The van der Waals surface area contributed by atoms with Crippen molar-refractivity contribution in [2.75, 3.05) is 25.5 Å². The van der Waals surface area contributed by atoms with E-state index in [1.807, 2.05) is 6.92 Å². The van der Waals surface area contributed by atoms with Crippen molar-refractivity contribution in [3.63, 3.8) is 0 Å². The first-order valence-electron chi connectivity index (χ1n) is 6.39. The maximum atomic E-state index is 12.4. The van der Waals surface area contributed by atoms with E-state index in [0.29, 0.717) is 11.5 Å². The molecule has 0 saturated heterocycles. The topological polar surface area (TPSA) is 105 Å². The molecule has 0 aliphatic rings. The van der Waals surface area contributed by atoms with Gasteiger partial charge in [0, 0.05) is 25.2 Å². The lowest BCUT2D eigenvalue weighted by Crippen LogP contribution is -2.37. The second-order valence-electron chi connectivity index (χ2n) is 4.25. The van der Waals surface area contributed by atoms with Crippen molar-refractivity contribution in [2.45, 2.75) is 18.4 Å². The minimum absolute atomic E-state index is 0.00421. The van der Waals surface area contributed by atoms with Crippen LogP contribution in [0, 0.1) is 0 Å². The summed E-state index contributed by atoms with van der Waals surface area (Å²) in [6.45, 7) is 2.13. The zero-order valence-electron chi connectivity index (χ0n) is 11.7. The molecule has 0 radical (unpaired) electrons. The number of aromatic nitrogens is 2. The number of carbonyl (C=O) groups excluding carboxylic acids is 1. The fraction of sp³-hybridized carbons (Fsp3) is 0.455. The number of rotatable bonds is 7. The number of nitrogens with zero attached hydrogens (tertiary/aromatic N) is 2. The van der Waals surface area contributed by atoms with Crippen molar-refractivity contribution in [3.8, 4) is 0 Å². The highest BCUT2D eigenvalue weighted by Crippen LogP contribution is 2.24. The zero-order valence-corrected chi connectivity index (χ0v) is 13.3. The van der Waals surface area contributed by atoms with Crippen LogP contribution in [-0.2, 0) is 14.8 Å². The largest absolute Gasteiger partial charge is 0.371 e.